The van der Waals surface area contributed by atoms with Crippen LogP contribution in [0.1, 0.15) is 36.7 Å². The molecule has 38 heavy (non-hydrogen) atoms. The topological polar surface area (TPSA) is 121 Å². The number of rotatable bonds is 10. The summed E-state index contributed by atoms with van der Waals surface area (Å²) in [5, 5.41) is 6.30. The van der Waals surface area contributed by atoms with Gasteiger partial charge in [0.05, 0.1) is 13.2 Å². The second-order valence-corrected chi connectivity index (χ2v) is 9.73. The Balaban J connectivity index is 1.57. The largest absolute Gasteiger partial charge is 0.496 e. The van der Waals surface area contributed by atoms with E-state index < -0.39 is 18.0 Å². The average molecular weight is 519 g/mol. The van der Waals surface area contributed by atoms with E-state index in [4.69, 9.17) is 4.74 Å². The zero-order valence-electron chi connectivity index (χ0n) is 21.7. The van der Waals surface area contributed by atoms with Crippen LogP contribution in [0.15, 0.2) is 60.7 Å². The lowest BCUT2D eigenvalue weighted by atomic mass is 9.96. The Hall–Kier alpha value is -4.14. The number of fused-ring (bicyclic) bond motifs is 1. The number of amides is 3. The van der Waals surface area contributed by atoms with Gasteiger partial charge < -0.3 is 30.0 Å². The molecule has 4 atom stereocenters. The standard InChI is InChI=1S/C29H34N4O5/c1-4-5-6-8-18(2)20-14-25(28(36)31-21(17-34)13-19-11-12-30-27(19)35)33(16-20)29(37)24-15-22-23(32-24)9-7-10-26(22)38-3/h4-10,15,17,19-21,25,32H,2,11-14,16H2,1,3H3,(H,30,35)(H,31,36)/b5-4-,8-6-/t19-,20+,21-,25?/m0/s1. The van der Waals surface area contributed by atoms with Crippen LogP contribution in [0, 0.1) is 11.8 Å². The fraction of sp³-hybridized carbons (Fsp3) is 0.379. The zero-order chi connectivity index (χ0) is 27.2. The summed E-state index contributed by atoms with van der Waals surface area (Å²) in [5.74, 6) is -0.673. The molecule has 3 amide bonds. The number of H-pyrrole nitrogens is 1. The molecular weight excluding hydrogens is 484 g/mol. The number of methoxy groups -OCH3 is 1. The number of likely N-dealkylation sites (tertiary alicyclic amines) is 1. The second-order valence-electron chi connectivity index (χ2n) is 9.73. The van der Waals surface area contributed by atoms with E-state index in [1.54, 1.807) is 13.2 Å². The van der Waals surface area contributed by atoms with Crippen molar-refractivity contribution in [2.45, 2.75) is 38.3 Å². The molecule has 0 saturated carbocycles. The highest BCUT2D eigenvalue weighted by Crippen LogP contribution is 2.32. The van der Waals surface area contributed by atoms with Crippen molar-refractivity contribution < 1.29 is 23.9 Å². The molecule has 0 spiro atoms. The summed E-state index contributed by atoms with van der Waals surface area (Å²) in [6.07, 6.45) is 9.43. The Morgan fingerprint density at radius 1 is 1.32 bits per heavy atom. The van der Waals surface area contributed by atoms with Crippen molar-refractivity contribution >= 4 is 34.9 Å². The quantitative estimate of drug-likeness (QED) is 0.330. The zero-order valence-corrected chi connectivity index (χ0v) is 21.7. The van der Waals surface area contributed by atoms with Gasteiger partial charge in [-0.25, -0.2) is 0 Å². The number of benzene rings is 1. The molecule has 2 aliphatic heterocycles. The molecule has 1 unspecified atom stereocenters. The molecule has 0 aliphatic carbocycles. The summed E-state index contributed by atoms with van der Waals surface area (Å²) in [7, 11) is 1.57. The van der Waals surface area contributed by atoms with Crippen molar-refractivity contribution in [1.29, 1.82) is 0 Å². The molecule has 200 valence electrons. The first-order valence-corrected chi connectivity index (χ1v) is 12.8. The van der Waals surface area contributed by atoms with E-state index in [0.29, 0.717) is 43.7 Å². The maximum Gasteiger partial charge on any atom is 0.271 e. The highest BCUT2D eigenvalue weighted by molar-refractivity contribution is 6.02. The van der Waals surface area contributed by atoms with Crippen molar-refractivity contribution in [3.05, 3.63) is 66.4 Å². The van der Waals surface area contributed by atoms with Crippen LogP contribution >= 0.6 is 0 Å². The number of carbonyl (C=O) groups excluding carboxylic acids is 4. The summed E-state index contributed by atoms with van der Waals surface area (Å²) in [6, 6.07) is 5.62. The van der Waals surface area contributed by atoms with Crippen LogP contribution in [0.2, 0.25) is 0 Å². The SMILES string of the molecule is C=C(/C=C\C=C/C)[C@@H]1CC(C(=O)N[C@H](C=O)C[C@@H]2CCNC2=O)N(C(=O)c2cc3c(OC)cccc3[nH]2)C1. The lowest BCUT2D eigenvalue weighted by molar-refractivity contribution is -0.128. The van der Waals surface area contributed by atoms with Gasteiger partial charge >= 0.3 is 0 Å². The number of aldehydes is 1. The van der Waals surface area contributed by atoms with E-state index in [1.165, 1.54) is 4.90 Å². The van der Waals surface area contributed by atoms with E-state index in [9.17, 15) is 19.2 Å². The minimum absolute atomic E-state index is 0.109. The molecular formula is C29H34N4O5. The first-order chi connectivity index (χ1) is 18.4. The molecule has 1 aromatic heterocycles. The van der Waals surface area contributed by atoms with Crippen LogP contribution in [0.3, 0.4) is 0 Å². The highest BCUT2D eigenvalue weighted by atomic mass is 16.5. The van der Waals surface area contributed by atoms with Gasteiger partial charge in [-0.2, -0.15) is 0 Å². The lowest BCUT2D eigenvalue weighted by Crippen LogP contribution is -2.49. The van der Waals surface area contributed by atoms with Gasteiger partial charge in [-0.15, -0.1) is 0 Å². The molecule has 1 aromatic carbocycles. The van der Waals surface area contributed by atoms with Crippen LogP contribution in [-0.2, 0) is 14.4 Å². The molecule has 0 radical (unpaired) electrons. The lowest BCUT2D eigenvalue weighted by Gasteiger charge is -2.25. The van der Waals surface area contributed by atoms with Crippen molar-refractivity contribution in [1.82, 2.24) is 20.5 Å². The summed E-state index contributed by atoms with van der Waals surface area (Å²) in [4.78, 5) is 55.7. The molecule has 2 saturated heterocycles. The van der Waals surface area contributed by atoms with Gasteiger partial charge in [-0.05, 0) is 44.4 Å². The number of nitrogens with zero attached hydrogens (tertiary/aromatic N) is 1. The van der Waals surface area contributed by atoms with Gasteiger partial charge in [0.15, 0.2) is 0 Å². The number of ether oxygens (including phenoxy) is 1. The van der Waals surface area contributed by atoms with E-state index in [1.807, 2.05) is 49.4 Å². The molecule has 2 fully saturated rings. The van der Waals surface area contributed by atoms with Gasteiger partial charge in [0.1, 0.15) is 23.8 Å². The highest BCUT2D eigenvalue weighted by Gasteiger charge is 2.41. The fourth-order valence-electron chi connectivity index (χ4n) is 5.18. The number of nitrogens with one attached hydrogen (secondary N) is 3. The van der Waals surface area contributed by atoms with Gasteiger partial charge in [0.25, 0.3) is 5.91 Å². The van der Waals surface area contributed by atoms with Crippen molar-refractivity contribution in [3.63, 3.8) is 0 Å². The minimum atomic E-state index is -0.817. The smallest absolute Gasteiger partial charge is 0.271 e. The Kier molecular flexibility index (Phi) is 8.45. The fourth-order valence-corrected chi connectivity index (χ4v) is 5.18. The number of carbonyl (C=O) groups is 4. The van der Waals surface area contributed by atoms with Gasteiger partial charge in [-0.3, -0.25) is 14.4 Å². The molecule has 3 heterocycles. The predicted molar refractivity (Wildman–Crippen MR) is 145 cm³/mol. The van der Waals surface area contributed by atoms with Crippen LogP contribution in [0.4, 0.5) is 0 Å². The second kappa shape index (κ2) is 11.9. The maximum absolute atomic E-state index is 13.7. The molecule has 2 aliphatic rings. The number of aromatic nitrogens is 1. The van der Waals surface area contributed by atoms with E-state index >= 15 is 0 Å². The van der Waals surface area contributed by atoms with Crippen LogP contribution in [0.25, 0.3) is 10.9 Å². The van der Waals surface area contributed by atoms with Crippen LogP contribution in [-0.4, -0.2) is 66.2 Å². The van der Waals surface area contributed by atoms with Crippen molar-refractivity contribution in [2.75, 3.05) is 20.2 Å². The third-order valence-corrected chi connectivity index (χ3v) is 7.27. The van der Waals surface area contributed by atoms with Gasteiger partial charge in [0, 0.05) is 35.8 Å². The monoisotopic (exact) mass is 518 g/mol. The predicted octanol–water partition coefficient (Wildman–Crippen LogP) is 2.91. The van der Waals surface area contributed by atoms with Crippen LogP contribution in [0.5, 0.6) is 5.75 Å². The normalized spacial score (nSPS) is 22.2. The van der Waals surface area contributed by atoms with E-state index in [2.05, 4.69) is 22.2 Å². The average Bonchev–Trinajstić information content (AvgIpc) is 3.66. The van der Waals surface area contributed by atoms with E-state index in [-0.39, 0.29) is 30.1 Å². The summed E-state index contributed by atoms with van der Waals surface area (Å²) < 4.78 is 5.42. The molecule has 0 bridgehead atoms. The minimum Gasteiger partial charge on any atom is -0.496 e. The Bertz CT molecular complexity index is 1290. The Morgan fingerprint density at radius 3 is 2.82 bits per heavy atom. The molecule has 2 aromatic rings. The maximum atomic E-state index is 13.7. The number of hydrogen-bond donors (Lipinski definition) is 3. The third-order valence-electron chi connectivity index (χ3n) is 7.27. The Labute approximate surface area is 222 Å². The summed E-state index contributed by atoms with van der Waals surface area (Å²) in [6.45, 7) is 6.95. The number of allylic oxidation sites excluding steroid dienone is 4. The molecule has 3 N–H and O–H groups in total. The van der Waals surface area contributed by atoms with Crippen LogP contribution < -0.4 is 15.4 Å². The van der Waals surface area contributed by atoms with Gasteiger partial charge in [-0.1, -0.05) is 42.5 Å². The molecule has 4 rings (SSSR count). The Morgan fingerprint density at radius 2 is 2.13 bits per heavy atom. The first-order valence-electron chi connectivity index (χ1n) is 12.8. The van der Waals surface area contributed by atoms with Crippen molar-refractivity contribution in [2.24, 2.45) is 11.8 Å². The van der Waals surface area contributed by atoms with E-state index in [0.717, 1.165) is 16.5 Å². The van der Waals surface area contributed by atoms with Gasteiger partial charge in [0.2, 0.25) is 11.8 Å². The first kappa shape index (κ1) is 26.9. The molecule has 9 nitrogen and oxygen atoms in total. The summed E-state index contributed by atoms with van der Waals surface area (Å²) >= 11 is 0. The number of aromatic amines is 1. The van der Waals surface area contributed by atoms with Crippen molar-refractivity contribution in [3.8, 4) is 5.75 Å². The third kappa shape index (κ3) is 5.72. The summed E-state index contributed by atoms with van der Waals surface area (Å²) in [5.41, 5.74) is 1.90. The number of hydrogen-bond acceptors (Lipinski definition) is 5. The molecule has 9 heteroatoms.